The Bertz CT molecular complexity index is 385. The summed E-state index contributed by atoms with van der Waals surface area (Å²) >= 11 is 0. The van der Waals surface area contributed by atoms with Crippen LogP contribution in [0.5, 0.6) is 0 Å². The summed E-state index contributed by atoms with van der Waals surface area (Å²) in [6.07, 6.45) is 4.59. The largest absolute Gasteiger partial charge is 0.354 e. The van der Waals surface area contributed by atoms with Crippen LogP contribution in [0.3, 0.4) is 0 Å². The van der Waals surface area contributed by atoms with Crippen LogP contribution in [0.4, 0.5) is 0 Å². The summed E-state index contributed by atoms with van der Waals surface area (Å²) in [4.78, 5) is 25.9. The van der Waals surface area contributed by atoms with Crippen LogP contribution in [0.1, 0.15) is 6.42 Å². The highest BCUT2D eigenvalue weighted by Gasteiger charge is 2.59. The van der Waals surface area contributed by atoms with Gasteiger partial charge in [-0.1, -0.05) is 12.2 Å². The number of hydrogen-bond donors (Lipinski definition) is 0. The SMILES string of the molecule is COC(CN1C(=O)[C@@H]2[C@H](C1=O)[C@H]1C=C[C@H]2C1)OC. The number of allylic oxidation sites excluding steroid dienone is 2. The molecule has 3 aliphatic rings. The summed E-state index contributed by atoms with van der Waals surface area (Å²) in [7, 11) is 3.01. The van der Waals surface area contributed by atoms with Crippen molar-refractivity contribution >= 4 is 11.8 Å². The third-order valence-electron chi connectivity index (χ3n) is 4.42. The number of methoxy groups -OCH3 is 2. The minimum absolute atomic E-state index is 0.0547. The molecular formula is C13H17NO4. The van der Waals surface area contributed by atoms with Gasteiger partial charge in [0.05, 0.1) is 18.4 Å². The van der Waals surface area contributed by atoms with Crippen molar-refractivity contribution in [2.24, 2.45) is 23.7 Å². The molecule has 18 heavy (non-hydrogen) atoms. The monoisotopic (exact) mass is 251 g/mol. The molecule has 1 heterocycles. The lowest BCUT2D eigenvalue weighted by atomic mass is 9.85. The summed E-state index contributed by atoms with van der Waals surface area (Å²) < 4.78 is 10.1. The Labute approximate surface area is 106 Å². The minimum Gasteiger partial charge on any atom is -0.354 e. The van der Waals surface area contributed by atoms with Gasteiger partial charge in [-0.25, -0.2) is 0 Å². The molecule has 2 bridgehead atoms. The zero-order valence-corrected chi connectivity index (χ0v) is 10.5. The van der Waals surface area contributed by atoms with Crippen LogP contribution >= 0.6 is 0 Å². The van der Waals surface area contributed by atoms with Crippen LogP contribution in [0, 0.1) is 23.7 Å². The van der Waals surface area contributed by atoms with Crippen molar-refractivity contribution in [1.29, 1.82) is 0 Å². The van der Waals surface area contributed by atoms with Crippen LogP contribution in [0.2, 0.25) is 0 Å². The van der Waals surface area contributed by atoms with Crippen LogP contribution in [0.25, 0.3) is 0 Å². The topological polar surface area (TPSA) is 55.8 Å². The molecule has 5 heteroatoms. The number of fused-ring (bicyclic) bond motifs is 5. The molecule has 5 nitrogen and oxygen atoms in total. The van der Waals surface area contributed by atoms with Crippen LogP contribution in [-0.4, -0.2) is 43.8 Å². The summed E-state index contributed by atoms with van der Waals surface area (Å²) in [5.41, 5.74) is 0. The molecule has 0 aromatic carbocycles. The summed E-state index contributed by atoms with van der Waals surface area (Å²) in [5, 5.41) is 0. The molecule has 2 amide bonds. The highest BCUT2D eigenvalue weighted by Crippen LogP contribution is 2.52. The Kier molecular flexibility index (Phi) is 2.75. The first kappa shape index (κ1) is 11.9. The van der Waals surface area contributed by atoms with Gasteiger partial charge in [-0.15, -0.1) is 0 Å². The van der Waals surface area contributed by atoms with E-state index in [2.05, 4.69) is 12.2 Å². The van der Waals surface area contributed by atoms with Crippen molar-refractivity contribution < 1.29 is 19.1 Å². The number of carbonyl (C=O) groups excluding carboxylic acids is 2. The average Bonchev–Trinajstić information content (AvgIpc) is 3.03. The fourth-order valence-electron chi connectivity index (χ4n) is 3.54. The Morgan fingerprint density at radius 2 is 1.67 bits per heavy atom. The molecule has 2 fully saturated rings. The van der Waals surface area contributed by atoms with E-state index >= 15 is 0 Å². The summed E-state index contributed by atoms with van der Waals surface area (Å²) in [6, 6.07) is 0. The number of hydrogen-bond acceptors (Lipinski definition) is 4. The summed E-state index contributed by atoms with van der Waals surface area (Å²) in [6.45, 7) is 0.192. The fraction of sp³-hybridized carbons (Fsp3) is 0.692. The number of imide groups is 1. The normalized spacial score (nSPS) is 37.2. The second kappa shape index (κ2) is 4.17. The van der Waals surface area contributed by atoms with Gasteiger partial charge in [0, 0.05) is 14.2 Å². The van der Waals surface area contributed by atoms with Crippen molar-refractivity contribution in [2.75, 3.05) is 20.8 Å². The lowest BCUT2D eigenvalue weighted by Crippen LogP contribution is -2.40. The number of amides is 2. The number of rotatable bonds is 4. The van der Waals surface area contributed by atoms with Gasteiger partial charge in [0.25, 0.3) is 0 Å². The van der Waals surface area contributed by atoms with Crippen LogP contribution in [-0.2, 0) is 19.1 Å². The van der Waals surface area contributed by atoms with Crippen molar-refractivity contribution in [1.82, 2.24) is 4.90 Å². The molecule has 0 aromatic heterocycles. The standard InChI is InChI=1S/C13H17NO4/c1-17-9(18-2)6-14-12(15)10-7-3-4-8(5-7)11(10)13(14)16/h3-4,7-11H,5-6H2,1-2H3/t7-,8-,10-,11+/m0/s1. The van der Waals surface area contributed by atoms with Crippen LogP contribution in [0.15, 0.2) is 12.2 Å². The highest BCUT2D eigenvalue weighted by molar-refractivity contribution is 6.06. The maximum atomic E-state index is 12.3. The predicted molar refractivity (Wildman–Crippen MR) is 62.2 cm³/mol. The molecule has 1 saturated carbocycles. The van der Waals surface area contributed by atoms with Gasteiger partial charge >= 0.3 is 0 Å². The minimum atomic E-state index is -0.540. The molecule has 1 saturated heterocycles. The maximum Gasteiger partial charge on any atom is 0.233 e. The van der Waals surface area contributed by atoms with E-state index in [1.807, 2.05) is 0 Å². The van der Waals surface area contributed by atoms with Gasteiger partial charge in [0.15, 0.2) is 6.29 Å². The van der Waals surface area contributed by atoms with E-state index in [1.165, 1.54) is 19.1 Å². The van der Waals surface area contributed by atoms with E-state index in [9.17, 15) is 9.59 Å². The Hall–Kier alpha value is -1.20. The van der Waals surface area contributed by atoms with Gasteiger partial charge in [-0.3, -0.25) is 14.5 Å². The van der Waals surface area contributed by atoms with Crippen molar-refractivity contribution in [2.45, 2.75) is 12.7 Å². The quantitative estimate of drug-likeness (QED) is 0.412. The Morgan fingerprint density at radius 1 is 1.17 bits per heavy atom. The second-order valence-corrected chi connectivity index (χ2v) is 5.19. The molecule has 0 unspecified atom stereocenters. The second-order valence-electron chi connectivity index (χ2n) is 5.19. The van der Waals surface area contributed by atoms with E-state index in [4.69, 9.17) is 9.47 Å². The molecule has 98 valence electrons. The molecule has 0 radical (unpaired) electrons. The lowest BCUT2D eigenvalue weighted by Gasteiger charge is -2.21. The van der Waals surface area contributed by atoms with E-state index in [0.29, 0.717) is 0 Å². The molecule has 0 spiro atoms. The van der Waals surface area contributed by atoms with Gasteiger partial charge in [-0.2, -0.15) is 0 Å². The number of nitrogens with zero attached hydrogens (tertiary/aromatic N) is 1. The van der Waals surface area contributed by atoms with Gasteiger partial charge in [0.1, 0.15) is 0 Å². The predicted octanol–water partition coefficient (Wildman–Crippen LogP) is 0.412. The van der Waals surface area contributed by atoms with E-state index in [0.717, 1.165) is 6.42 Å². The molecule has 4 atom stereocenters. The molecule has 3 rings (SSSR count). The molecule has 0 N–H and O–H groups in total. The molecule has 2 aliphatic carbocycles. The molecular weight excluding hydrogens is 234 g/mol. The first-order valence-electron chi connectivity index (χ1n) is 6.26. The molecule has 1 aliphatic heterocycles. The van der Waals surface area contributed by atoms with Gasteiger partial charge in [-0.05, 0) is 18.3 Å². The summed E-state index contributed by atoms with van der Waals surface area (Å²) in [5.74, 6) is 0.126. The van der Waals surface area contributed by atoms with E-state index < -0.39 is 6.29 Å². The lowest BCUT2D eigenvalue weighted by molar-refractivity contribution is -0.153. The van der Waals surface area contributed by atoms with Crippen molar-refractivity contribution in [3.8, 4) is 0 Å². The smallest absolute Gasteiger partial charge is 0.233 e. The van der Waals surface area contributed by atoms with Gasteiger partial charge in [0.2, 0.25) is 11.8 Å². The zero-order valence-electron chi connectivity index (χ0n) is 10.5. The molecule has 0 aromatic rings. The van der Waals surface area contributed by atoms with Gasteiger partial charge < -0.3 is 9.47 Å². The number of likely N-dealkylation sites (tertiary alicyclic amines) is 1. The number of carbonyl (C=O) groups is 2. The van der Waals surface area contributed by atoms with Crippen LogP contribution < -0.4 is 0 Å². The maximum absolute atomic E-state index is 12.3. The third-order valence-corrected chi connectivity index (χ3v) is 4.42. The number of ether oxygens (including phenoxy) is 2. The van der Waals surface area contributed by atoms with Crippen molar-refractivity contribution in [3.63, 3.8) is 0 Å². The third kappa shape index (κ3) is 1.47. The van der Waals surface area contributed by atoms with Crippen molar-refractivity contribution in [3.05, 3.63) is 12.2 Å². The van der Waals surface area contributed by atoms with E-state index in [1.54, 1.807) is 0 Å². The van der Waals surface area contributed by atoms with E-state index in [-0.39, 0.29) is 42.0 Å². The zero-order chi connectivity index (χ0) is 12.9. The highest BCUT2D eigenvalue weighted by atomic mass is 16.7. The average molecular weight is 251 g/mol. The Balaban J connectivity index is 1.79. The first-order valence-corrected chi connectivity index (χ1v) is 6.26. The Morgan fingerprint density at radius 3 is 2.11 bits per heavy atom. The first-order chi connectivity index (χ1) is 8.67. The fourth-order valence-corrected chi connectivity index (χ4v) is 3.54.